The number of carbonyl (C=O) groups is 1. The standard InChI is InChI=1S/C16H18N2O3S/c1-4-17-22(20,21)14-10-9-12-7-5-6-8-13(12)15(14)18-16(19)11(2)3/h5-10,17H,2,4H2,1,3H3,(H,18,19). The van der Waals surface area contributed by atoms with Crippen molar-refractivity contribution in [1.82, 2.24) is 4.72 Å². The Morgan fingerprint density at radius 2 is 1.86 bits per heavy atom. The molecule has 2 N–H and O–H groups in total. The molecule has 0 aliphatic heterocycles. The van der Waals surface area contributed by atoms with Crippen LogP contribution in [0.3, 0.4) is 0 Å². The van der Waals surface area contributed by atoms with Crippen LogP contribution >= 0.6 is 0 Å². The smallest absolute Gasteiger partial charge is 0.250 e. The van der Waals surface area contributed by atoms with E-state index in [9.17, 15) is 13.2 Å². The van der Waals surface area contributed by atoms with Gasteiger partial charge in [0.1, 0.15) is 4.90 Å². The molecule has 2 aromatic carbocycles. The Balaban J connectivity index is 2.71. The van der Waals surface area contributed by atoms with Crippen LogP contribution < -0.4 is 10.0 Å². The lowest BCUT2D eigenvalue weighted by molar-refractivity contribution is -0.112. The number of hydrogen-bond acceptors (Lipinski definition) is 3. The summed E-state index contributed by atoms with van der Waals surface area (Å²) < 4.78 is 27.2. The van der Waals surface area contributed by atoms with Crippen molar-refractivity contribution >= 4 is 32.4 Å². The quantitative estimate of drug-likeness (QED) is 0.832. The van der Waals surface area contributed by atoms with Gasteiger partial charge in [0.2, 0.25) is 10.0 Å². The summed E-state index contributed by atoms with van der Waals surface area (Å²) in [5.41, 5.74) is 0.576. The number of hydrogen-bond donors (Lipinski definition) is 2. The van der Waals surface area contributed by atoms with Crippen LogP contribution in [0.1, 0.15) is 13.8 Å². The first-order chi connectivity index (χ1) is 10.4. The summed E-state index contributed by atoms with van der Waals surface area (Å²) in [6.45, 7) is 7.12. The maximum Gasteiger partial charge on any atom is 0.250 e. The topological polar surface area (TPSA) is 75.3 Å². The average Bonchev–Trinajstić information content (AvgIpc) is 2.47. The lowest BCUT2D eigenvalue weighted by Crippen LogP contribution is -2.25. The minimum atomic E-state index is -3.70. The molecule has 6 heteroatoms. The van der Waals surface area contributed by atoms with Crippen molar-refractivity contribution in [2.75, 3.05) is 11.9 Å². The van der Waals surface area contributed by atoms with Gasteiger partial charge in [-0.2, -0.15) is 0 Å². The predicted molar refractivity (Wildman–Crippen MR) is 88.3 cm³/mol. The van der Waals surface area contributed by atoms with Crippen LogP contribution in [0.15, 0.2) is 53.4 Å². The van der Waals surface area contributed by atoms with Crippen LogP contribution in [0.4, 0.5) is 5.69 Å². The molecule has 0 saturated heterocycles. The molecule has 0 spiro atoms. The Bertz CT molecular complexity index is 842. The Labute approximate surface area is 130 Å². The first-order valence-electron chi connectivity index (χ1n) is 6.85. The van der Waals surface area contributed by atoms with Gasteiger partial charge in [0, 0.05) is 17.5 Å². The summed E-state index contributed by atoms with van der Waals surface area (Å²) in [6, 6.07) is 10.5. The van der Waals surface area contributed by atoms with E-state index in [4.69, 9.17) is 0 Å². The molecule has 22 heavy (non-hydrogen) atoms. The highest BCUT2D eigenvalue weighted by atomic mass is 32.2. The van der Waals surface area contributed by atoms with Crippen molar-refractivity contribution in [2.24, 2.45) is 0 Å². The normalized spacial score (nSPS) is 11.4. The van der Waals surface area contributed by atoms with E-state index in [2.05, 4.69) is 16.6 Å². The summed E-state index contributed by atoms with van der Waals surface area (Å²) in [5.74, 6) is -0.413. The molecule has 0 radical (unpaired) electrons. The van der Waals surface area contributed by atoms with E-state index in [1.807, 2.05) is 12.1 Å². The molecular formula is C16H18N2O3S. The van der Waals surface area contributed by atoms with Crippen molar-refractivity contribution in [3.63, 3.8) is 0 Å². The molecule has 0 heterocycles. The van der Waals surface area contributed by atoms with Crippen molar-refractivity contribution in [1.29, 1.82) is 0 Å². The second kappa shape index (κ2) is 6.29. The maximum absolute atomic E-state index is 12.4. The SMILES string of the molecule is C=C(C)C(=O)Nc1c(S(=O)(=O)NCC)ccc2ccccc12. The van der Waals surface area contributed by atoms with Gasteiger partial charge in [-0.15, -0.1) is 0 Å². The van der Waals surface area contributed by atoms with Crippen LogP contribution in [-0.2, 0) is 14.8 Å². The van der Waals surface area contributed by atoms with E-state index in [1.54, 1.807) is 32.0 Å². The lowest BCUT2D eigenvalue weighted by atomic mass is 10.1. The van der Waals surface area contributed by atoms with Gasteiger partial charge in [-0.25, -0.2) is 13.1 Å². The zero-order valence-corrected chi connectivity index (χ0v) is 13.3. The Morgan fingerprint density at radius 3 is 2.50 bits per heavy atom. The van der Waals surface area contributed by atoms with Crippen LogP contribution in [0.2, 0.25) is 0 Å². The van der Waals surface area contributed by atoms with Gasteiger partial charge >= 0.3 is 0 Å². The molecule has 5 nitrogen and oxygen atoms in total. The maximum atomic E-state index is 12.4. The number of rotatable bonds is 5. The molecule has 116 valence electrons. The fraction of sp³-hybridized carbons (Fsp3) is 0.188. The van der Waals surface area contributed by atoms with E-state index in [0.29, 0.717) is 11.0 Å². The number of anilines is 1. The fourth-order valence-electron chi connectivity index (χ4n) is 2.09. The van der Waals surface area contributed by atoms with E-state index >= 15 is 0 Å². The highest BCUT2D eigenvalue weighted by Crippen LogP contribution is 2.31. The zero-order chi connectivity index (χ0) is 16.3. The van der Waals surface area contributed by atoms with Gasteiger partial charge in [0.25, 0.3) is 5.91 Å². The fourth-order valence-corrected chi connectivity index (χ4v) is 3.30. The van der Waals surface area contributed by atoms with Gasteiger partial charge in [-0.3, -0.25) is 4.79 Å². The predicted octanol–water partition coefficient (Wildman–Crippen LogP) is 2.65. The number of amides is 1. The third-order valence-corrected chi connectivity index (χ3v) is 4.73. The molecule has 2 aromatic rings. The van der Waals surface area contributed by atoms with E-state index in [0.717, 1.165) is 5.39 Å². The van der Waals surface area contributed by atoms with Gasteiger partial charge in [-0.1, -0.05) is 43.8 Å². The lowest BCUT2D eigenvalue weighted by Gasteiger charge is -2.15. The Hall–Kier alpha value is -2.18. The average molecular weight is 318 g/mol. The second-order valence-electron chi connectivity index (χ2n) is 4.90. The number of carbonyl (C=O) groups excluding carboxylic acids is 1. The molecule has 0 bridgehead atoms. The van der Waals surface area contributed by atoms with Crippen LogP contribution in [0.25, 0.3) is 10.8 Å². The van der Waals surface area contributed by atoms with Crippen molar-refractivity contribution < 1.29 is 13.2 Å². The molecule has 0 unspecified atom stereocenters. The summed E-state index contributed by atoms with van der Waals surface area (Å²) in [5, 5.41) is 4.17. The highest BCUT2D eigenvalue weighted by molar-refractivity contribution is 7.89. The molecule has 0 fully saturated rings. The third-order valence-electron chi connectivity index (χ3n) is 3.14. The molecule has 2 rings (SSSR count). The van der Waals surface area contributed by atoms with Gasteiger partial charge in [0.05, 0.1) is 5.69 Å². The third kappa shape index (κ3) is 3.18. The number of nitrogens with one attached hydrogen (secondary N) is 2. The first-order valence-corrected chi connectivity index (χ1v) is 8.33. The molecule has 0 saturated carbocycles. The number of benzene rings is 2. The second-order valence-corrected chi connectivity index (χ2v) is 6.63. The molecule has 0 atom stereocenters. The number of sulfonamides is 1. The van der Waals surface area contributed by atoms with Gasteiger partial charge in [-0.05, 0) is 18.4 Å². The molecule has 1 amide bonds. The summed E-state index contributed by atoms with van der Waals surface area (Å²) in [6.07, 6.45) is 0. The summed E-state index contributed by atoms with van der Waals surface area (Å²) in [4.78, 5) is 12.0. The summed E-state index contributed by atoms with van der Waals surface area (Å²) >= 11 is 0. The van der Waals surface area contributed by atoms with E-state index in [1.165, 1.54) is 6.07 Å². The van der Waals surface area contributed by atoms with E-state index < -0.39 is 15.9 Å². The molecule has 0 aromatic heterocycles. The molecule has 0 aliphatic carbocycles. The van der Waals surface area contributed by atoms with Crippen LogP contribution in [0, 0.1) is 0 Å². The Kier molecular flexibility index (Phi) is 4.63. The van der Waals surface area contributed by atoms with Crippen molar-refractivity contribution in [2.45, 2.75) is 18.7 Å². The first kappa shape index (κ1) is 16.2. The summed E-state index contributed by atoms with van der Waals surface area (Å²) in [7, 11) is -3.70. The van der Waals surface area contributed by atoms with Gasteiger partial charge in [0.15, 0.2) is 0 Å². The molecule has 0 aliphatic rings. The van der Waals surface area contributed by atoms with Crippen LogP contribution in [-0.4, -0.2) is 20.9 Å². The van der Waals surface area contributed by atoms with Crippen molar-refractivity contribution in [3.8, 4) is 0 Å². The minimum absolute atomic E-state index is 0.0441. The zero-order valence-electron chi connectivity index (χ0n) is 12.5. The van der Waals surface area contributed by atoms with Crippen LogP contribution in [0.5, 0.6) is 0 Å². The largest absolute Gasteiger partial charge is 0.321 e. The number of fused-ring (bicyclic) bond motifs is 1. The Morgan fingerprint density at radius 1 is 1.18 bits per heavy atom. The van der Waals surface area contributed by atoms with Crippen molar-refractivity contribution in [3.05, 3.63) is 48.6 Å². The van der Waals surface area contributed by atoms with Gasteiger partial charge < -0.3 is 5.32 Å². The monoisotopic (exact) mass is 318 g/mol. The minimum Gasteiger partial charge on any atom is -0.321 e. The van der Waals surface area contributed by atoms with E-state index in [-0.39, 0.29) is 17.1 Å². The highest BCUT2D eigenvalue weighted by Gasteiger charge is 2.21. The molecular weight excluding hydrogens is 300 g/mol.